The van der Waals surface area contributed by atoms with Crippen molar-refractivity contribution < 1.29 is 19.1 Å². The van der Waals surface area contributed by atoms with Crippen molar-refractivity contribution in [2.24, 2.45) is 0 Å². The molecule has 0 aromatic heterocycles. The Bertz CT molecular complexity index is 492. The van der Waals surface area contributed by atoms with Crippen molar-refractivity contribution in [2.75, 3.05) is 32.8 Å². The second-order valence-electron chi connectivity index (χ2n) is 5.07. The van der Waals surface area contributed by atoms with Crippen molar-refractivity contribution in [1.82, 2.24) is 9.80 Å². The molecular formula is C16H22N2O4. The fourth-order valence-corrected chi connectivity index (χ4v) is 2.31. The molecule has 22 heavy (non-hydrogen) atoms. The average molecular weight is 306 g/mol. The third kappa shape index (κ3) is 4.65. The molecule has 6 nitrogen and oxygen atoms in total. The Balaban J connectivity index is 1.80. The van der Waals surface area contributed by atoms with Crippen LogP contribution in [-0.4, -0.2) is 54.8 Å². The molecule has 0 atom stereocenters. The molecule has 0 saturated carbocycles. The van der Waals surface area contributed by atoms with Gasteiger partial charge in [-0.05, 0) is 18.9 Å². The molecule has 1 aromatic carbocycles. The number of benzene rings is 1. The molecule has 0 radical (unpaired) electrons. The molecule has 0 N–H and O–H groups in total. The molecule has 1 aromatic rings. The summed E-state index contributed by atoms with van der Waals surface area (Å²) >= 11 is 0. The largest absolute Gasteiger partial charge is 0.450 e. The topological polar surface area (TPSA) is 59.1 Å². The number of rotatable bonds is 3. The summed E-state index contributed by atoms with van der Waals surface area (Å²) < 4.78 is 10.3. The zero-order valence-corrected chi connectivity index (χ0v) is 12.9. The van der Waals surface area contributed by atoms with Crippen molar-refractivity contribution in [3.05, 3.63) is 35.9 Å². The predicted octanol–water partition coefficient (Wildman–Crippen LogP) is 2.49. The van der Waals surface area contributed by atoms with Gasteiger partial charge in [-0.25, -0.2) is 9.59 Å². The van der Waals surface area contributed by atoms with Gasteiger partial charge in [0.05, 0.1) is 6.61 Å². The van der Waals surface area contributed by atoms with Crippen LogP contribution in [0.1, 0.15) is 18.9 Å². The van der Waals surface area contributed by atoms with Crippen LogP contribution in [0, 0.1) is 0 Å². The Morgan fingerprint density at radius 1 is 0.955 bits per heavy atom. The van der Waals surface area contributed by atoms with Crippen LogP contribution in [0.5, 0.6) is 0 Å². The van der Waals surface area contributed by atoms with E-state index in [-0.39, 0.29) is 18.8 Å². The molecule has 2 amide bonds. The van der Waals surface area contributed by atoms with Crippen LogP contribution in [0.3, 0.4) is 0 Å². The van der Waals surface area contributed by atoms with E-state index >= 15 is 0 Å². The Labute approximate surface area is 130 Å². The first-order valence-electron chi connectivity index (χ1n) is 7.58. The summed E-state index contributed by atoms with van der Waals surface area (Å²) in [6.45, 7) is 4.52. The molecule has 2 rings (SSSR count). The van der Waals surface area contributed by atoms with Crippen LogP contribution >= 0.6 is 0 Å². The van der Waals surface area contributed by atoms with E-state index in [0.29, 0.717) is 32.8 Å². The van der Waals surface area contributed by atoms with Gasteiger partial charge in [-0.15, -0.1) is 0 Å². The highest BCUT2D eigenvalue weighted by atomic mass is 16.6. The minimum atomic E-state index is -0.338. The maximum Gasteiger partial charge on any atom is 0.410 e. The highest BCUT2D eigenvalue weighted by molar-refractivity contribution is 5.69. The van der Waals surface area contributed by atoms with E-state index in [9.17, 15) is 9.59 Å². The van der Waals surface area contributed by atoms with E-state index in [1.807, 2.05) is 30.3 Å². The number of hydrogen-bond donors (Lipinski definition) is 0. The third-order valence-corrected chi connectivity index (χ3v) is 3.49. The zero-order valence-electron chi connectivity index (χ0n) is 12.9. The maximum absolute atomic E-state index is 12.1. The molecule has 1 saturated heterocycles. The van der Waals surface area contributed by atoms with Crippen LogP contribution in [-0.2, 0) is 16.1 Å². The Hall–Kier alpha value is -2.24. The third-order valence-electron chi connectivity index (χ3n) is 3.49. The second kappa shape index (κ2) is 8.26. The molecule has 0 bridgehead atoms. The lowest BCUT2D eigenvalue weighted by Gasteiger charge is -2.21. The summed E-state index contributed by atoms with van der Waals surface area (Å²) in [5, 5.41) is 0. The van der Waals surface area contributed by atoms with E-state index in [1.54, 1.807) is 16.7 Å². The molecule has 0 unspecified atom stereocenters. The predicted molar refractivity (Wildman–Crippen MR) is 81.4 cm³/mol. The molecule has 0 spiro atoms. The van der Waals surface area contributed by atoms with Crippen molar-refractivity contribution in [3.63, 3.8) is 0 Å². The minimum absolute atomic E-state index is 0.262. The molecule has 6 heteroatoms. The monoisotopic (exact) mass is 306 g/mol. The van der Waals surface area contributed by atoms with Crippen LogP contribution in [0.15, 0.2) is 30.3 Å². The van der Waals surface area contributed by atoms with Crippen molar-refractivity contribution in [2.45, 2.75) is 20.0 Å². The van der Waals surface area contributed by atoms with Crippen molar-refractivity contribution >= 4 is 12.2 Å². The van der Waals surface area contributed by atoms with Gasteiger partial charge in [-0.3, -0.25) is 0 Å². The number of ether oxygens (including phenoxy) is 2. The molecule has 120 valence electrons. The highest BCUT2D eigenvalue weighted by Crippen LogP contribution is 2.08. The summed E-state index contributed by atoms with van der Waals surface area (Å²) in [5.74, 6) is 0. The quantitative estimate of drug-likeness (QED) is 0.861. The second-order valence-corrected chi connectivity index (χ2v) is 5.07. The van der Waals surface area contributed by atoms with Gasteiger partial charge in [0.1, 0.15) is 6.61 Å². The lowest BCUT2D eigenvalue weighted by molar-refractivity contribution is 0.0933. The number of hydrogen-bond acceptors (Lipinski definition) is 4. The van der Waals surface area contributed by atoms with Gasteiger partial charge in [0.15, 0.2) is 0 Å². The molecule has 1 aliphatic rings. The first-order chi connectivity index (χ1) is 10.7. The molecule has 1 aliphatic heterocycles. The van der Waals surface area contributed by atoms with E-state index in [0.717, 1.165) is 12.0 Å². The Morgan fingerprint density at radius 2 is 1.55 bits per heavy atom. The van der Waals surface area contributed by atoms with Gasteiger partial charge in [0.25, 0.3) is 0 Å². The van der Waals surface area contributed by atoms with E-state index in [1.165, 1.54) is 0 Å². The number of carbonyl (C=O) groups is 2. The summed E-state index contributed by atoms with van der Waals surface area (Å²) in [6, 6.07) is 9.57. The Kier molecular flexibility index (Phi) is 6.06. The lowest BCUT2D eigenvalue weighted by Crippen LogP contribution is -2.37. The molecule has 1 heterocycles. The first kappa shape index (κ1) is 16.1. The first-order valence-corrected chi connectivity index (χ1v) is 7.58. The van der Waals surface area contributed by atoms with Gasteiger partial charge in [0, 0.05) is 26.2 Å². The fourth-order valence-electron chi connectivity index (χ4n) is 2.31. The molecular weight excluding hydrogens is 284 g/mol. The van der Waals surface area contributed by atoms with Crippen molar-refractivity contribution in [3.8, 4) is 0 Å². The Morgan fingerprint density at radius 3 is 2.14 bits per heavy atom. The standard InChI is InChI=1S/C16H22N2O4/c1-2-21-15(19)17-9-6-10-18(12-11-17)16(20)22-13-14-7-4-3-5-8-14/h3-5,7-8H,2,6,9-13H2,1H3. The van der Waals surface area contributed by atoms with E-state index in [4.69, 9.17) is 9.47 Å². The summed E-state index contributed by atoms with van der Waals surface area (Å²) in [4.78, 5) is 27.1. The average Bonchev–Trinajstić information content (AvgIpc) is 2.80. The number of nitrogens with zero attached hydrogens (tertiary/aromatic N) is 2. The van der Waals surface area contributed by atoms with Gasteiger partial charge in [-0.2, -0.15) is 0 Å². The van der Waals surface area contributed by atoms with Gasteiger partial charge >= 0.3 is 12.2 Å². The van der Waals surface area contributed by atoms with Crippen LogP contribution in [0.25, 0.3) is 0 Å². The molecule has 1 fully saturated rings. The minimum Gasteiger partial charge on any atom is -0.450 e. The van der Waals surface area contributed by atoms with E-state index in [2.05, 4.69) is 0 Å². The lowest BCUT2D eigenvalue weighted by atomic mass is 10.2. The normalized spacial score (nSPS) is 15.1. The maximum atomic E-state index is 12.1. The summed E-state index contributed by atoms with van der Waals surface area (Å²) in [7, 11) is 0. The SMILES string of the molecule is CCOC(=O)N1CCCN(C(=O)OCc2ccccc2)CC1. The van der Waals surface area contributed by atoms with Crippen LogP contribution in [0.2, 0.25) is 0 Å². The zero-order chi connectivity index (χ0) is 15.8. The van der Waals surface area contributed by atoms with Gasteiger partial charge in [-0.1, -0.05) is 30.3 Å². The van der Waals surface area contributed by atoms with Gasteiger partial charge < -0.3 is 19.3 Å². The van der Waals surface area contributed by atoms with Crippen molar-refractivity contribution in [1.29, 1.82) is 0 Å². The van der Waals surface area contributed by atoms with E-state index < -0.39 is 0 Å². The number of amides is 2. The summed E-state index contributed by atoms with van der Waals surface area (Å²) in [6.07, 6.45) is 0.0655. The smallest absolute Gasteiger partial charge is 0.410 e. The fraction of sp³-hybridized carbons (Fsp3) is 0.500. The summed E-state index contributed by atoms with van der Waals surface area (Å²) in [5.41, 5.74) is 0.957. The number of carbonyl (C=O) groups excluding carboxylic acids is 2. The highest BCUT2D eigenvalue weighted by Gasteiger charge is 2.23. The van der Waals surface area contributed by atoms with Gasteiger partial charge in [0.2, 0.25) is 0 Å². The molecule has 0 aliphatic carbocycles. The van der Waals surface area contributed by atoms with Crippen LogP contribution < -0.4 is 0 Å². The van der Waals surface area contributed by atoms with Crippen LogP contribution in [0.4, 0.5) is 9.59 Å².